The zero-order valence-electron chi connectivity index (χ0n) is 15.3. The molecule has 0 saturated carbocycles. The fourth-order valence-electron chi connectivity index (χ4n) is 3.46. The zero-order valence-corrected chi connectivity index (χ0v) is 16.0. The third kappa shape index (κ3) is 3.23. The van der Waals surface area contributed by atoms with Gasteiger partial charge in [-0.25, -0.2) is 13.2 Å². The lowest BCUT2D eigenvalue weighted by molar-refractivity contribution is -0.138. The molecular formula is C20H15ClF3NO4. The Morgan fingerprint density at radius 1 is 1.17 bits per heavy atom. The third-order valence-electron chi connectivity index (χ3n) is 4.83. The smallest absolute Gasteiger partial charge is 0.311 e. The number of benzene rings is 2. The highest BCUT2D eigenvalue weighted by Gasteiger charge is 2.32. The highest BCUT2D eigenvalue weighted by molar-refractivity contribution is 6.30. The number of fused-ring (bicyclic) bond motifs is 1. The SMILES string of the molecule is CCC(C(=O)O)c1c(C)n(C(=O)c2ccc(Cl)c(F)c2)c2cc(F)c(O)c(F)c12. The van der Waals surface area contributed by atoms with E-state index in [0.29, 0.717) is 0 Å². The summed E-state index contributed by atoms with van der Waals surface area (Å²) in [5.41, 5.74) is -0.454. The molecule has 0 spiro atoms. The molecule has 1 heterocycles. The summed E-state index contributed by atoms with van der Waals surface area (Å²) in [7, 11) is 0. The minimum Gasteiger partial charge on any atom is -0.503 e. The number of carboxylic acids is 1. The standard InChI is InChI=1S/C20H15ClF3NO4/c1-3-10(20(28)29)15-8(2)25(14-7-13(23)18(26)17(24)16(14)15)19(27)9-4-5-11(21)12(22)6-9/h4-7,10,26H,3H2,1-2H3,(H,28,29). The van der Waals surface area contributed by atoms with Crippen molar-refractivity contribution in [3.63, 3.8) is 0 Å². The second kappa shape index (κ2) is 7.44. The van der Waals surface area contributed by atoms with Crippen molar-refractivity contribution in [1.82, 2.24) is 4.57 Å². The van der Waals surface area contributed by atoms with E-state index in [1.54, 1.807) is 6.92 Å². The summed E-state index contributed by atoms with van der Waals surface area (Å²) < 4.78 is 43.5. The van der Waals surface area contributed by atoms with Crippen LogP contribution in [0.3, 0.4) is 0 Å². The van der Waals surface area contributed by atoms with Crippen LogP contribution >= 0.6 is 11.6 Å². The molecule has 0 fully saturated rings. The number of aromatic nitrogens is 1. The summed E-state index contributed by atoms with van der Waals surface area (Å²) in [5.74, 6) is -8.15. The molecule has 0 aliphatic heterocycles. The van der Waals surface area contributed by atoms with E-state index < -0.39 is 41.0 Å². The first-order valence-electron chi connectivity index (χ1n) is 8.54. The Labute approximate surface area is 167 Å². The van der Waals surface area contributed by atoms with Crippen LogP contribution in [0.1, 0.15) is 40.9 Å². The molecule has 152 valence electrons. The summed E-state index contributed by atoms with van der Waals surface area (Å²) in [4.78, 5) is 24.7. The van der Waals surface area contributed by atoms with Crippen LogP contribution in [0.5, 0.6) is 5.75 Å². The molecule has 0 radical (unpaired) electrons. The summed E-state index contributed by atoms with van der Waals surface area (Å²) in [6.07, 6.45) is 0.0522. The molecule has 1 aromatic heterocycles. The summed E-state index contributed by atoms with van der Waals surface area (Å²) in [5, 5.41) is 18.6. The van der Waals surface area contributed by atoms with Gasteiger partial charge in [-0.1, -0.05) is 18.5 Å². The Hall–Kier alpha value is -3.00. The Balaban J connectivity index is 2.41. The van der Waals surface area contributed by atoms with Crippen LogP contribution in [0.25, 0.3) is 10.9 Å². The molecule has 9 heteroatoms. The first-order valence-corrected chi connectivity index (χ1v) is 8.92. The average Bonchev–Trinajstić information content (AvgIpc) is 2.94. The number of carbonyl (C=O) groups is 2. The number of phenolic OH excluding ortho intramolecular Hbond substituents is 1. The molecule has 0 aliphatic rings. The van der Waals surface area contributed by atoms with Gasteiger partial charge >= 0.3 is 5.97 Å². The summed E-state index contributed by atoms with van der Waals surface area (Å²) >= 11 is 5.63. The number of hydrogen-bond donors (Lipinski definition) is 2. The molecular weight excluding hydrogens is 411 g/mol. The number of aliphatic carboxylic acids is 1. The van der Waals surface area contributed by atoms with Gasteiger partial charge in [-0.2, -0.15) is 0 Å². The maximum atomic E-state index is 14.8. The van der Waals surface area contributed by atoms with Crippen molar-refractivity contribution in [2.24, 2.45) is 0 Å². The normalized spacial score (nSPS) is 12.3. The van der Waals surface area contributed by atoms with Gasteiger partial charge in [0.15, 0.2) is 17.4 Å². The first-order chi connectivity index (χ1) is 13.6. The van der Waals surface area contributed by atoms with Crippen LogP contribution in [0, 0.1) is 24.4 Å². The molecule has 0 aliphatic carbocycles. The molecule has 5 nitrogen and oxygen atoms in total. The predicted octanol–water partition coefficient (Wildman–Crippen LogP) is 4.99. The molecule has 2 N–H and O–H groups in total. The molecule has 2 aromatic carbocycles. The van der Waals surface area contributed by atoms with Crippen LogP contribution in [0.15, 0.2) is 24.3 Å². The molecule has 0 bridgehead atoms. The van der Waals surface area contributed by atoms with Gasteiger partial charge in [0.05, 0.1) is 16.5 Å². The van der Waals surface area contributed by atoms with Crippen molar-refractivity contribution in [1.29, 1.82) is 0 Å². The van der Waals surface area contributed by atoms with Crippen LogP contribution in [0.2, 0.25) is 5.02 Å². The first kappa shape index (κ1) is 20.7. The fraction of sp³-hybridized carbons (Fsp3) is 0.200. The number of halogens is 4. The number of phenols is 1. The largest absolute Gasteiger partial charge is 0.503 e. The van der Waals surface area contributed by atoms with Gasteiger partial charge in [0, 0.05) is 22.7 Å². The quantitative estimate of drug-likeness (QED) is 0.617. The van der Waals surface area contributed by atoms with Crippen molar-refractivity contribution in [2.75, 3.05) is 0 Å². The van der Waals surface area contributed by atoms with Gasteiger partial charge in [0.1, 0.15) is 5.82 Å². The lowest BCUT2D eigenvalue weighted by Crippen LogP contribution is -2.16. The highest BCUT2D eigenvalue weighted by atomic mass is 35.5. The third-order valence-corrected chi connectivity index (χ3v) is 5.14. The molecule has 0 saturated heterocycles. The molecule has 1 atom stereocenters. The monoisotopic (exact) mass is 425 g/mol. The lowest BCUT2D eigenvalue weighted by Gasteiger charge is -2.12. The minimum absolute atomic E-state index is 0.0403. The van der Waals surface area contributed by atoms with E-state index in [4.69, 9.17) is 11.6 Å². The van der Waals surface area contributed by atoms with E-state index in [1.165, 1.54) is 13.0 Å². The molecule has 0 amide bonds. The number of hydrogen-bond acceptors (Lipinski definition) is 3. The fourth-order valence-corrected chi connectivity index (χ4v) is 3.58. The van der Waals surface area contributed by atoms with Gasteiger partial charge in [0.25, 0.3) is 5.91 Å². The zero-order chi connectivity index (χ0) is 21.6. The Kier molecular flexibility index (Phi) is 5.32. The average molecular weight is 426 g/mol. The second-order valence-corrected chi connectivity index (χ2v) is 6.89. The maximum absolute atomic E-state index is 14.8. The van der Waals surface area contributed by atoms with E-state index in [1.807, 2.05) is 0 Å². The number of nitrogens with zero attached hydrogens (tertiary/aromatic N) is 1. The van der Waals surface area contributed by atoms with Crippen molar-refractivity contribution >= 4 is 34.4 Å². The van der Waals surface area contributed by atoms with Gasteiger partial charge < -0.3 is 10.2 Å². The van der Waals surface area contributed by atoms with Gasteiger partial charge in [0.2, 0.25) is 0 Å². The molecule has 29 heavy (non-hydrogen) atoms. The van der Waals surface area contributed by atoms with Crippen molar-refractivity contribution in [3.05, 3.63) is 63.6 Å². The summed E-state index contributed by atoms with van der Waals surface area (Å²) in [6.45, 7) is 2.93. The highest BCUT2D eigenvalue weighted by Crippen LogP contribution is 2.39. The minimum atomic E-state index is -1.37. The maximum Gasteiger partial charge on any atom is 0.311 e. The number of rotatable bonds is 4. The van der Waals surface area contributed by atoms with Gasteiger partial charge in [-0.15, -0.1) is 0 Å². The summed E-state index contributed by atoms with van der Waals surface area (Å²) in [6, 6.07) is 4.01. The number of aromatic hydroxyl groups is 1. The van der Waals surface area contributed by atoms with Crippen molar-refractivity contribution in [3.8, 4) is 5.75 Å². The van der Waals surface area contributed by atoms with Crippen LogP contribution in [-0.2, 0) is 4.79 Å². The van der Waals surface area contributed by atoms with Crippen LogP contribution < -0.4 is 0 Å². The van der Waals surface area contributed by atoms with E-state index in [0.717, 1.165) is 22.8 Å². The number of carbonyl (C=O) groups excluding carboxylic acids is 1. The topological polar surface area (TPSA) is 79.5 Å². The van der Waals surface area contributed by atoms with Gasteiger partial charge in [-0.05, 0) is 37.1 Å². The van der Waals surface area contributed by atoms with E-state index in [-0.39, 0.29) is 39.2 Å². The Morgan fingerprint density at radius 3 is 2.38 bits per heavy atom. The van der Waals surface area contributed by atoms with Crippen LogP contribution in [-0.4, -0.2) is 26.7 Å². The van der Waals surface area contributed by atoms with Crippen molar-refractivity contribution < 1.29 is 33.0 Å². The Morgan fingerprint density at radius 2 is 1.83 bits per heavy atom. The second-order valence-electron chi connectivity index (χ2n) is 6.48. The van der Waals surface area contributed by atoms with Crippen LogP contribution in [0.4, 0.5) is 13.2 Å². The van der Waals surface area contributed by atoms with Gasteiger partial charge in [-0.3, -0.25) is 14.2 Å². The lowest BCUT2D eigenvalue weighted by atomic mass is 9.93. The predicted molar refractivity (Wildman–Crippen MR) is 100 cm³/mol. The number of carboxylic acid groups (broad SMARTS) is 1. The van der Waals surface area contributed by atoms with Crippen molar-refractivity contribution in [2.45, 2.75) is 26.2 Å². The van der Waals surface area contributed by atoms with E-state index in [2.05, 4.69) is 0 Å². The molecule has 3 aromatic rings. The molecule has 1 unspecified atom stereocenters. The van der Waals surface area contributed by atoms with E-state index >= 15 is 0 Å². The molecule has 3 rings (SSSR count). The van der Waals surface area contributed by atoms with E-state index in [9.17, 15) is 33.0 Å². The Bertz CT molecular complexity index is 1170.